The van der Waals surface area contributed by atoms with Gasteiger partial charge in [-0.1, -0.05) is 37.3 Å². The smallest absolute Gasteiger partial charge is 0.0832 e. The van der Waals surface area contributed by atoms with E-state index < -0.39 is 0 Å². The Kier molecular flexibility index (Phi) is 3.97. The number of aliphatic hydroxyl groups is 1. The maximum Gasteiger partial charge on any atom is 0.0832 e. The van der Waals surface area contributed by atoms with Gasteiger partial charge in [-0.2, -0.15) is 0 Å². The van der Waals surface area contributed by atoms with Gasteiger partial charge in [-0.05, 0) is 31.4 Å². The van der Waals surface area contributed by atoms with E-state index in [-0.39, 0.29) is 6.10 Å². The van der Waals surface area contributed by atoms with Crippen molar-refractivity contribution in [1.82, 2.24) is 5.32 Å². The highest BCUT2D eigenvalue weighted by atomic mass is 16.3. The zero-order valence-corrected chi connectivity index (χ0v) is 9.89. The van der Waals surface area contributed by atoms with Crippen LogP contribution in [0.3, 0.4) is 0 Å². The molecule has 16 heavy (non-hydrogen) atoms. The van der Waals surface area contributed by atoms with Gasteiger partial charge in [0.25, 0.3) is 0 Å². The number of hydrogen-bond acceptors (Lipinski definition) is 2. The van der Waals surface area contributed by atoms with Crippen LogP contribution >= 0.6 is 0 Å². The van der Waals surface area contributed by atoms with E-state index in [1.165, 1.54) is 12.8 Å². The molecule has 1 saturated heterocycles. The number of benzene rings is 1. The third-order valence-corrected chi connectivity index (χ3v) is 3.63. The maximum atomic E-state index is 10.4. The quantitative estimate of drug-likeness (QED) is 0.815. The van der Waals surface area contributed by atoms with Crippen LogP contribution in [0.15, 0.2) is 30.3 Å². The molecule has 1 aliphatic heterocycles. The summed E-state index contributed by atoms with van der Waals surface area (Å²) in [4.78, 5) is 0. The molecule has 0 spiro atoms. The SMILES string of the molecule is CCC(C1CCCN1)C(O)c1ccccc1. The van der Waals surface area contributed by atoms with Gasteiger partial charge in [-0.15, -0.1) is 0 Å². The first-order valence-corrected chi connectivity index (χ1v) is 6.29. The van der Waals surface area contributed by atoms with Crippen molar-refractivity contribution in [2.75, 3.05) is 6.54 Å². The van der Waals surface area contributed by atoms with Gasteiger partial charge in [0, 0.05) is 12.0 Å². The minimum Gasteiger partial charge on any atom is -0.388 e. The Morgan fingerprint density at radius 3 is 2.69 bits per heavy atom. The van der Waals surface area contributed by atoms with Gasteiger partial charge in [-0.3, -0.25) is 0 Å². The largest absolute Gasteiger partial charge is 0.388 e. The summed E-state index contributed by atoms with van der Waals surface area (Å²) in [6, 6.07) is 10.5. The number of hydrogen-bond donors (Lipinski definition) is 2. The molecule has 0 aromatic heterocycles. The lowest BCUT2D eigenvalue weighted by Crippen LogP contribution is -2.34. The average Bonchev–Trinajstić information content (AvgIpc) is 2.85. The minimum absolute atomic E-state index is 0.332. The molecule has 0 amide bonds. The maximum absolute atomic E-state index is 10.4. The van der Waals surface area contributed by atoms with Crippen LogP contribution in [0.25, 0.3) is 0 Å². The van der Waals surface area contributed by atoms with Crippen molar-refractivity contribution in [3.8, 4) is 0 Å². The molecule has 2 nitrogen and oxygen atoms in total. The van der Waals surface area contributed by atoms with E-state index in [0.717, 1.165) is 18.5 Å². The monoisotopic (exact) mass is 219 g/mol. The van der Waals surface area contributed by atoms with Gasteiger partial charge in [-0.25, -0.2) is 0 Å². The van der Waals surface area contributed by atoms with Crippen molar-refractivity contribution in [3.05, 3.63) is 35.9 Å². The minimum atomic E-state index is -0.332. The molecule has 3 atom stereocenters. The number of rotatable bonds is 4. The van der Waals surface area contributed by atoms with Crippen LogP contribution in [0.1, 0.15) is 37.9 Å². The number of nitrogens with one attached hydrogen (secondary N) is 1. The van der Waals surface area contributed by atoms with Gasteiger partial charge < -0.3 is 10.4 Å². The Morgan fingerprint density at radius 2 is 2.12 bits per heavy atom. The summed E-state index contributed by atoms with van der Waals surface area (Å²) in [6.07, 6.45) is 3.13. The average molecular weight is 219 g/mol. The molecule has 0 saturated carbocycles. The third-order valence-electron chi connectivity index (χ3n) is 3.63. The lowest BCUT2D eigenvalue weighted by atomic mass is 9.86. The van der Waals surface area contributed by atoms with Crippen LogP contribution in [0.2, 0.25) is 0 Å². The Labute approximate surface area is 97.7 Å². The first kappa shape index (κ1) is 11.6. The van der Waals surface area contributed by atoms with E-state index in [1.807, 2.05) is 30.3 Å². The highest BCUT2D eigenvalue weighted by Gasteiger charge is 2.29. The fourth-order valence-electron chi connectivity index (χ4n) is 2.70. The predicted octanol–water partition coefficient (Wildman–Crippen LogP) is 2.50. The Hall–Kier alpha value is -0.860. The van der Waals surface area contributed by atoms with Crippen LogP contribution < -0.4 is 5.32 Å². The molecular formula is C14H21NO. The van der Waals surface area contributed by atoms with E-state index in [2.05, 4.69) is 12.2 Å². The van der Waals surface area contributed by atoms with Crippen LogP contribution in [0.5, 0.6) is 0 Å². The van der Waals surface area contributed by atoms with Crippen molar-refractivity contribution in [2.24, 2.45) is 5.92 Å². The molecule has 2 rings (SSSR count). The van der Waals surface area contributed by atoms with Crippen LogP contribution in [-0.4, -0.2) is 17.7 Å². The Balaban J connectivity index is 2.08. The van der Waals surface area contributed by atoms with Gasteiger partial charge in [0.05, 0.1) is 6.10 Å². The molecule has 0 aliphatic carbocycles. The molecule has 1 aromatic carbocycles. The highest BCUT2D eigenvalue weighted by Crippen LogP contribution is 2.30. The molecule has 1 fully saturated rings. The summed E-state index contributed by atoms with van der Waals surface area (Å²) in [7, 11) is 0. The lowest BCUT2D eigenvalue weighted by molar-refractivity contribution is 0.0854. The van der Waals surface area contributed by atoms with Gasteiger partial charge in [0.2, 0.25) is 0 Å². The molecular weight excluding hydrogens is 198 g/mol. The summed E-state index contributed by atoms with van der Waals surface area (Å²) >= 11 is 0. The molecule has 2 N–H and O–H groups in total. The normalized spacial score (nSPS) is 24.2. The fourth-order valence-corrected chi connectivity index (χ4v) is 2.70. The molecule has 1 aromatic rings. The second kappa shape index (κ2) is 5.46. The summed E-state index contributed by atoms with van der Waals surface area (Å²) in [5, 5.41) is 13.9. The topological polar surface area (TPSA) is 32.3 Å². The van der Waals surface area contributed by atoms with Gasteiger partial charge >= 0.3 is 0 Å². The number of aliphatic hydroxyl groups excluding tert-OH is 1. The Morgan fingerprint density at radius 1 is 1.38 bits per heavy atom. The van der Waals surface area contributed by atoms with Crippen LogP contribution in [0, 0.1) is 5.92 Å². The molecule has 88 valence electrons. The molecule has 0 radical (unpaired) electrons. The van der Waals surface area contributed by atoms with E-state index in [1.54, 1.807) is 0 Å². The molecule has 1 aliphatic rings. The zero-order valence-electron chi connectivity index (χ0n) is 9.89. The molecule has 2 heteroatoms. The first-order valence-electron chi connectivity index (χ1n) is 6.29. The van der Waals surface area contributed by atoms with Gasteiger partial charge in [0.15, 0.2) is 0 Å². The van der Waals surface area contributed by atoms with E-state index >= 15 is 0 Å². The van der Waals surface area contributed by atoms with Gasteiger partial charge in [0.1, 0.15) is 0 Å². The molecule has 1 heterocycles. The molecule has 3 unspecified atom stereocenters. The fraction of sp³-hybridized carbons (Fsp3) is 0.571. The zero-order chi connectivity index (χ0) is 11.4. The van der Waals surface area contributed by atoms with Crippen LogP contribution in [-0.2, 0) is 0 Å². The first-order chi connectivity index (χ1) is 7.83. The second-order valence-electron chi connectivity index (χ2n) is 4.63. The van der Waals surface area contributed by atoms with E-state index in [9.17, 15) is 5.11 Å². The van der Waals surface area contributed by atoms with Crippen molar-refractivity contribution >= 4 is 0 Å². The van der Waals surface area contributed by atoms with E-state index in [0.29, 0.717) is 12.0 Å². The van der Waals surface area contributed by atoms with Crippen LogP contribution in [0.4, 0.5) is 0 Å². The van der Waals surface area contributed by atoms with Crippen molar-refractivity contribution in [3.63, 3.8) is 0 Å². The van der Waals surface area contributed by atoms with Crippen molar-refractivity contribution in [1.29, 1.82) is 0 Å². The third kappa shape index (κ3) is 2.45. The van der Waals surface area contributed by atoms with E-state index in [4.69, 9.17) is 0 Å². The predicted molar refractivity (Wildman–Crippen MR) is 66.2 cm³/mol. The second-order valence-corrected chi connectivity index (χ2v) is 4.63. The standard InChI is InChI=1S/C14H21NO/c1-2-12(13-9-6-10-15-13)14(16)11-7-4-3-5-8-11/h3-5,7-8,12-16H,2,6,9-10H2,1H3. The summed E-state index contributed by atoms with van der Waals surface area (Å²) in [5.41, 5.74) is 1.04. The lowest BCUT2D eigenvalue weighted by Gasteiger charge is -2.27. The van der Waals surface area contributed by atoms with Crippen molar-refractivity contribution in [2.45, 2.75) is 38.3 Å². The molecule has 0 bridgehead atoms. The summed E-state index contributed by atoms with van der Waals surface area (Å²) < 4.78 is 0. The highest BCUT2D eigenvalue weighted by molar-refractivity contribution is 5.18. The summed E-state index contributed by atoms with van der Waals surface area (Å²) in [6.45, 7) is 3.26. The summed E-state index contributed by atoms with van der Waals surface area (Å²) in [5.74, 6) is 0.338. The Bertz CT molecular complexity index is 306. The van der Waals surface area contributed by atoms with Crippen molar-refractivity contribution < 1.29 is 5.11 Å².